The van der Waals surface area contributed by atoms with Gasteiger partial charge in [0.2, 0.25) is 0 Å². The molecule has 2 aliphatic rings. The lowest BCUT2D eigenvalue weighted by Gasteiger charge is -2.51. The molecule has 2 amide bonds. The Hall–Kier alpha value is -2.17. The van der Waals surface area contributed by atoms with E-state index >= 15 is 0 Å². The van der Waals surface area contributed by atoms with Crippen molar-refractivity contribution in [3.05, 3.63) is 40.9 Å². The van der Waals surface area contributed by atoms with Gasteiger partial charge in [0.15, 0.2) is 11.8 Å². The number of hydroxylamine groups is 2. The van der Waals surface area contributed by atoms with E-state index in [1.54, 1.807) is 30.3 Å². The van der Waals surface area contributed by atoms with E-state index in [1.807, 2.05) is 0 Å². The maximum Gasteiger partial charge on any atom is 0.353 e. The van der Waals surface area contributed by atoms with Gasteiger partial charge in [0, 0.05) is 24.7 Å². The number of rotatable bonds is 7. The van der Waals surface area contributed by atoms with Gasteiger partial charge >= 0.3 is 5.97 Å². The largest absolute Gasteiger partial charge is 0.477 e. The lowest BCUT2D eigenvalue weighted by molar-refractivity contribution is -0.187. The molecule has 0 aliphatic carbocycles. The monoisotopic (exact) mass is 410 g/mol. The van der Waals surface area contributed by atoms with Gasteiger partial charge in [-0.3, -0.25) is 14.5 Å². The number of hydrogen-bond donors (Lipinski definition) is 1. The molecule has 8 nitrogen and oxygen atoms in total. The van der Waals surface area contributed by atoms with Crippen LogP contribution in [0.15, 0.2) is 40.9 Å². The topological polar surface area (TPSA) is 96.4 Å². The van der Waals surface area contributed by atoms with E-state index in [0.717, 1.165) is 5.06 Å². The van der Waals surface area contributed by atoms with Crippen LogP contribution in [0.4, 0.5) is 0 Å². The third-order valence-electron chi connectivity index (χ3n) is 3.97. The van der Waals surface area contributed by atoms with Gasteiger partial charge < -0.3 is 14.7 Å². The van der Waals surface area contributed by atoms with Crippen molar-refractivity contribution >= 4 is 41.3 Å². The number of benzene rings is 1. The predicted octanol–water partition coefficient (Wildman–Crippen LogP) is 1.75. The van der Waals surface area contributed by atoms with Gasteiger partial charge in [-0.05, 0) is 12.1 Å². The average molecular weight is 410 g/mol. The summed E-state index contributed by atoms with van der Waals surface area (Å²) in [5, 5.41) is 10.1. The number of ether oxygens (including phenoxy) is 1. The molecule has 2 atom stereocenters. The fraction of sp³-hybridized carbons (Fsp3) is 0.353. The summed E-state index contributed by atoms with van der Waals surface area (Å²) in [6.45, 7) is 1.31. The zero-order chi connectivity index (χ0) is 19.6. The molecule has 1 aromatic rings. The number of carbonyl (C=O) groups excluding carboxylic acids is 2. The number of hydrogen-bond acceptors (Lipinski definition) is 7. The number of carboxylic acid groups (broad SMARTS) is 1. The van der Waals surface area contributed by atoms with Gasteiger partial charge in [-0.1, -0.05) is 30.0 Å². The minimum atomic E-state index is -1.18. The normalized spacial score (nSPS) is 21.4. The Bertz CT molecular complexity index is 785. The van der Waals surface area contributed by atoms with Crippen LogP contribution in [-0.4, -0.2) is 63.1 Å². The molecule has 0 spiro atoms. The van der Waals surface area contributed by atoms with Gasteiger partial charge in [-0.15, -0.1) is 11.8 Å². The fourth-order valence-electron chi connectivity index (χ4n) is 2.81. The zero-order valence-corrected chi connectivity index (χ0v) is 16.3. The van der Waals surface area contributed by atoms with Gasteiger partial charge in [-0.25, -0.2) is 4.79 Å². The van der Waals surface area contributed by atoms with E-state index in [4.69, 9.17) is 9.57 Å². The van der Waals surface area contributed by atoms with Crippen LogP contribution < -0.4 is 4.84 Å². The molecule has 3 rings (SSSR count). The smallest absolute Gasteiger partial charge is 0.353 e. The highest BCUT2D eigenvalue weighted by Gasteiger charge is 2.58. The van der Waals surface area contributed by atoms with Gasteiger partial charge in [-0.2, -0.15) is 5.06 Å². The summed E-state index contributed by atoms with van der Waals surface area (Å²) in [6.07, 6.45) is 0. The maximum atomic E-state index is 12.8. The van der Waals surface area contributed by atoms with E-state index in [-0.39, 0.29) is 5.70 Å². The van der Waals surface area contributed by atoms with E-state index in [1.165, 1.54) is 42.5 Å². The van der Waals surface area contributed by atoms with Crippen LogP contribution in [0.2, 0.25) is 0 Å². The second kappa shape index (κ2) is 8.24. The summed E-state index contributed by atoms with van der Waals surface area (Å²) in [5.41, 5.74) is -0.0507. The number of fused-ring (bicyclic) bond motifs is 1. The molecule has 1 saturated heterocycles. The number of carboxylic acids is 1. The van der Waals surface area contributed by atoms with Crippen LogP contribution in [0, 0.1) is 0 Å². The van der Waals surface area contributed by atoms with E-state index < -0.39 is 29.2 Å². The van der Waals surface area contributed by atoms with Crippen LogP contribution in [0.1, 0.15) is 6.92 Å². The molecule has 0 saturated carbocycles. The molecule has 0 radical (unpaired) electrons. The molecular formula is C17H18N2O6S2. The van der Waals surface area contributed by atoms with Gasteiger partial charge in [0.05, 0.1) is 5.94 Å². The van der Waals surface area contributed by atoms with Crippen molar-refractivity contribution in [1.82, 2.24) is 9.96 Å². The number of nitrogens with zero attached hydrogens (tertiary/aromatic N) is 2. The van der Waals surface area contributed by atoms with Crippen molar-refractivity contribution in [2.24, 2.45) is 0 Å². The molecular weight excluding hydrogens is 392 g/mol. The Balaban J connectivity index is 1.84. The van der Waals surface area contributed by atoms with Crippen molar-refractivity contribution in [2.45, 2.75) is 18.3 Å². The molecule has 2 aliphatic heterocycles. The maximum absolute atomic E-state index is 12.8. The predicted molar refractivity (Wildman–Crippen MR) is 101 cm³/mol. The molecule has 1 fully saturated rings. The lowest BCUT2D eigenvalue weighted by Crippen LogP contribution is -2.71. The highest BCUT2D eigenvalue weighted by molar-refractivity contribution is 8.06. The molecule has 0 bridgehead atoms. The van der Waals surface area contributed by atoms with Crippen LogP contribution in [0.5, 0.6) is 5.75 Å². The molecule has 2 heterocycles. The highest BCUT2D eigenvalue weighted by Crippen LogP contribution is 2.45. The van der Waals surface area contributed by atoms with Crippen molar-refractivity contribution in [2.75, 3.05) is 18.8 Å². The lowest BCUT2D eigenvalue weighted by atomic mass is 10.0. The van der Waals surface area contributed by atoms with Crippen LogP contribution in [-0.2, 0) is 19.1 Å². The fourth-order valence-corrected chi connectivity index (χ4v) is 5.15. The third kappa shape index (κ3) is 3.78. The quantitative estimate of drug-likeness (QED) is 0.413. The summed E-state index contributed by atoms with van der Waals surface area (Å²) in [6, 6.07) is 7.78. The van der Waals surface area contributed by atoms with E-state index in [9.17, 15) is 19.5 Å². The number of para-hydroxylation sites is 1. The van der Waals surface area contributed by atoms with Crippen molar-refractivity contribution < 1.29 is 29.1 Å². The van der Waals surface area contributed by atoms with Crippen LogP contribution >= 0.6 is 23.5 Å². The average Bonchev–Trinajstić information content (AvgIpc) is 2.65. The number of aliphatic carboxylic acids is 1. The van der Waals surface area contributed by atoms with Crippen molar-refractivity contribution in [3.8, 4) is 5.75 Å². The Labute approximate surface area is 164 Å². The molecule has 10 heteroatoms. The first kappa shape index (κ1) is 19.6. The first-order chi connectivity index (χ1) is 13.0. The summed E-state index contributed by atoms with van der Waals surface area (Å²) in [5.74, 6) is -0.963. The summed E-state index contributed by atoms with van der Waals surface area (Å²) >= 11 is 2.64. The second-order valence-electron chi connectivity index (χ2n) is 5.73. The number of thioether (sulfide) groups is 2. The zero-order valence-electron chi connectivity index (χ0n) is 14.7. The summed E-state index contributed by atoms with van der Waals surface area (Å²) < 4.78 is 4.99. The number of β-lactam (4-membered cyclic amide) rings is 1. The summed E-state index contributed by atoms with van der Waals surface area (Å²) in [4.78, 5) is 44.0. The van der Waals surface area contributed by atoms with Crippen LogP contribution in [0.3, 0.4) is 0 Å². The Morgan fingerprint density at radius 3 is 2.67 bits per heavy atom. The van der Waals surface area contributed by atoms with E-state index in [0.29, 0.717) is 22.3 Å². The first-order valence-corrected chi connectivity index (χ1v) is 10.0. The van der Waals surface area contributed by atoms with E-state index in [2.05, 4.69) is 0 Å². The third-order valence-corrected chi connectivity index (χ3v) is 6.46. The van der Waals surface area contributed by atoms with Crippen molar-refractivity contribution in [1.29, 1.82) is 0 Å². The standard InChI is InChI=1S/C17H18N2O6S2/c1-10(20)19(25-11-6-4-3-5-7-11)14-15(21)18-13(17(22)23)12(27-9-24-2)8-26-16(14)18/h3-7,14,16H,8-9H2,1-2H3,(H,22,23)/t14-,16-/m1/s1. The SMILES string of the molecule is COCSC1=C(C(=O)O)N2C(=O)[C@@H](N(Oc3ccccc3)C(C)=O)[C@H]2SC1. The number of amides is 2. The molecule has 27 heavy (non-hydrogen) atoms. The summed E-state index contributed by atoms with van der Waals surface area (Å²) in [7, 11) is 1.52. The number of carbonyl (C=O) groups is 3. The minimum Gasteiger partial charge on any atom is -0.477 e. The molecule has 1 N–H and O–H groups in total. The Kier molecular flexibility index (Phi) is 5.98. The molecule has 144 valence electrons. The Morgan fingerprint density at radius 2 is 2.07 bits per heavy atom. The Morgan fingerprint density at radius 1 is 1.37 bits per heavy atom. The van der Waals surface area contributed by atoms with Crippen molar-refractivity contribution in [3.63, 3.8) is 0 Å². The minimum absolute atomic E-state index is 0.0507. The van der Waals surface area contributed by atoms with Gasteiger partial charge in [0.25, 0.3) is 11.8 Å². The van der Waals surface area contributed by atoms with Crippen LogP contribution in [0.25, 0.3) is 0 Å². The van der Waals surface area contributed by atoms with Gasteiger partial charge in [0.1, 0.15) is 11.1 Å². The molecule has 1 aromatic carbocycles. The molecule has 0 unspecified atom stereocenters. The molecule has 0 aromatic heterocycles. The first-order valence-electron chi connectivity index (χ1n) is 8.01. The number of methoxy groups -OCH3 is 1. The highest BCUT2D eigenvalue weighted by atomic mass is 32.2. The second-order valence-corrected chi connectivity index (χ2v) is 7.85.